The van der Waals surface area contributed by atoms with Gasteiger partial charge in [0.15, 0.2) is 0 Å². The number of benzene rings is 1. The molecular formula is C17H28N2O2. The molecule has 0 aliphatic heterocycles. The molecule has 118 valence electrons. The van der Waals surface area contributed by atoms with E-state index in [2.05, 4.69) is 19.2 Å². The highest BCUT2D eigenvalue weighted by molar-refractivity contribution is 5.77. The van der Waals surface area contributed by atoms with Crippen LogP contribution < -0.4 is 15.8 Å². The molecule has 1 aromatic rings. The standard InChI is InChI=1S/C17H28N2O2/c1-12(2)17(4,11-18)19-16(20)10-13(3)14-8-6-7-9-15(14)21-5/h6-9,12-13H,10-11,18H2,1-5H3,(H,19,20). The number of carbonyl (C=O) groups excluding carboxylic acids is 1. The summed E-state index contributed by atoms with van der Waals surface area (Å²) in [6.45, 7) is 8.59. The van der Waals surface area contributed by atoms with E-state index in [1.807, 2.05) is 38.1 Å². The van der Waals surface area contributed by atoms with Gasteiger partial charge in [0.25, 0.3) is 0 Å². The summed E-state index contributed by atoms with van der Waals surface area (Å²) in [5.74, 6) is 1.22. The number of hydrogen-bond acceptors (Lipinski definition) is 3. The van der Waals surface area contributed by atoms with Gasteiger partial charge in [0.2, 0.25) is 5.91 Å². The van der Waals surface area contributed by atoms with Crippen LogP contribution in [0.3, 0.4) is 0 Å². The van der Waals surface area contributed by atoms with Crippen molar-refractivity contribution in [2.75, 3.05) is 13.7 Å². The summed E-state index contributed by atoms with van der Waals surface area (Å²) < 4.78 is 5.36. The molecule has 0 aliphatic carbocycles. The molecule has 0 spiro atoms. The van der Waals surface area contributed by atoms with Crippen LogP contribution in [0.2, 0.25) is 0 Å². The first kappa shape index (κ1) is 17.5. The van der Waals surface area contributed by atoms with Gasteiger partial charge in [-0.15, -0.1) is 0 Å². The predicted octanol–water partition coefficient (Wildman–Crippen LogP) is 2.68. The van der Waals surface area contributed by atoms with Crippen LogP contribution in [-0.4, -0.2) is 25.1 Å². The zero-order chi connectivity index (χ0) is 16.0. The SMILES string of the molecule is COc1ccccc1C(C)CC(=O)NC(C)(CN)C(C)C. The van der Waals surface area contributed by atoms with Gasteiger partial charge in [-0.05, 0) is 30.4 Å². The second kappa shape index (κ2) is 7.46. The molecule has 21 heavy (non-hydrogen) atoms. The highest BCUT2D eigenvalue weighted by Crippen LogP contribution is 2.28. The maximum Gasteiger partial charge on any atom is 0.221 e. The van der Waals surface area contributed by atoms with E-state index in [4.69, 9.17) is 10.5 Å². The molecule has 0 radical (unpaired) electrons. The summed E-state index contributed by atoms with van der Waals surface area (Å²) in [5, 5.41) is 3.08. The van der Waals surface area contributed by atoms with Gasteiger partial charge in [-0.3, -0.25) is 4.79 Å². The molecule has 1 rings (SSSR count). The minimum absolute atomic E-state index is 0.0232. The minimum atomic E-state index is -0.364. The largest absolute Gasteiger partial charge is 0.496 e. The third kappa shape index (κ3) is 4.46. The number of methoxy groups -OCH3 is 1. The molecule has 0 saturated heterocycles. The number of amides is 1. The smallest absolute Gasteiger partial charge is 0.221 e. The molecule has 2 unspecified atom stereocenters. The first-order valence-corrected chi connectivity index (χ1v) is 7.48. The third-order valence-corrected chi connectivity index (χ3v) is 4.28. The quantitative estimate of drug-likeness (QED) is 0.812. The molecule has 4 heteroatoms. The van der Waals surface area contributed by atoms with Crippen molar-refractivity contribution in [3.05, 3.63) is 29.8 Å². The Morgan fingerprint density at radius 1 is 1.33 bits per heavy atom. The second-order valence-corrected chi connectivity index (χ2v) is 6.17. The molecule has 0 fully saturated rings. The average molecular weight is 292 g/mol. The lowest BCUT2D eigenvalue weighted by molar-refractivity contribution is -0.123. The average Bonchev–Trinajstić information content (AvgIpc) is 2.46. The van der Waals surface area contributed by atoms with Gasteiger partial charge in [-0.2, -0.15) is 0 Å². The van der Waals surface area contributed by atoms with Crippen molar-refractivity contribution in [3.8, 4) is 5.75 Å². The van der Waals surface area contributed by atoms with Gasteiger partial charge >= 0.3 is 0 Å². The van der Waals surface area contributed by atoms with Gasteiger partial charge in [0.05, 0.1) is 12.6 Å². The van der Waals surface area contributed by atoms with Gasteiger partial charge < -0.3 is 15.8 Å². The van der Waals surface area contributed by atoms with E-state index in [0.29, 0.717) is 13.0 Å². The van der Waals surface area contributed by atoms with E-state index in [9.17, 15) is 4.79 Å². The number of para-hydroxylation sites is 1. The maximum absolute atomic E-state index is 12.3. The van der Waals surface area contributed by atoms with E-state index in [-0.39, 0.29) is 23.3 Å². The summed E-state index contributed by atoms with van der Waals surface area (Å²) in [6, 6.07) is 7.81. The van der Waals surface area contributed by atoms with Crippen LogP contribution in [0.1, 0.15) is 45.6 Å². The van der Waals surface area contributed by atoms with Gasteiger partial charge in [0, 0.05) is 13.0 Å². The van der Waals surface area contributed by atoms with Crippen molar-refractivity contribution in [3.63, 3.8) is 0 Å². The van der Waals surface area contributed by atoms with Gasteiger partial charge in [-0.1, -0.05) is 39.0 Å². The molecule has 1 aromatic carbocycles. The molecule has 4 nitrogen and oxygen atoms in total. The Morgan fingerprint density at radius 3 is 2.48 bits per heavy atom. The van der Waals surface area contributed by atoms with E-state index in [0.717, 1.165) is 11.3 Å². The van der Waals surface area contributed by atoms with Crippen LogP contribution in [-0.2, 0) is 4.79 Å². The van der Waals surface area contributed by atoms with Crippen molar-refractivity contribution < 1.29 is 9.53 Å². The molecule has 3 N–H and O–H groups in total. The lowest BCUT2D eigenvalue weighted by atomic mass is 9.87. The topological polar surface area (TPSA) is 64.3 Å². The second-order valence-electron chi connectivity index (χ2n) is 6.17. The van der Waals surface area contributed by atoms with Crippen LogP contribution in [0.15, 0.2) is 24.3 Å². The Labute approximate surface area is 128 Å². The van der Waals surface area contributed by atoms with E-state index < -0.39 is 0 Å². The minimum Gasteiger partial charge on any atom is -0.496 e. The highest BCUT2D eigenvalue weighted by Gasteiger charge is 2.29. The number of nitrogens with two attached hydrogens (primary N) is 1. The fraction of sp³-hybridized carbons (Fsp3) is 0.588. The molecule has 0 bridgehead atoms. The maximum atomic E-state index is 12.3. The number of ether oxygens (including phenoxy) is 1. The zero-order valence-corrected chi connectivity index (χ0v) is 13.8. The van der Waals surface area contributed by atoms with Crippen molar-refractivity contribution in [2.45, 2.75) is 45.6 Å². The van der Waals surface area contributed by atoms with E-state index in [1.165, 1.54) is 0 Å². The van der Waals surface area contributed by atoms with Crippen LogP contribution >= 0.6 is 0 Å². The van der Waals surface area contributed by atoms with Gasteiger partial charge in [0.1, 0.15) is 5.75 Å². The van der Waals surface area contributed by atoms with E-state index in [1.54, 1.807) is 7.11 Å². The van der Waals surface area contributed by atoms with Crippen LogP contribution in [0.25, 0.3) is 0 Å². The zero-order valence-electron chi connectivity index (χ0n) is 13.8. The van der Waals surface area contributed by atoms with Crippen LogP contribution in [0.5, 0.6) is 5.75 Å². The van der Waals surface area contributed by atoms with Crippen molar-refractivity contribution in [1.29, 1.82) is 0 Å². The van der Waals surface area contributed by atoms with Gasteiger partial charge in [-0.25, -0.2) is 0 Å². The number of nitrogens with one attached hydrogen (secondary N) is 1. The Balaban J connectivity index is 2.74. The van der Waals surface area contributed by atoms with E-state index >= 15 is 0 Å². The Bertz CT molecular complexity index is 474. The summed E-state index contributed by atoms with van der Waals surface area (Å²) in [6.07, 6.45) is 0.419. The van der Waals surface area contributed by atoms with Crippen molar-refractivity contribution in [1.82, 2.24) is 5.32 Å². The normalized spacial score (nSPS) is 15.4. The van der Waals surface area contributed by atoms with Crippen molar-refractivity contribution in [2.24, 2.45) is 11.7 Å². The summed E-state index contributed by atoms with van der Waals surface area (Å²) in [7, 11) is 1.65. The fourth-order valence-electron chi connectivity index (χ4n) is 2.26. The van der Waals surface area contributed by atoms with Crippen molar-refractivity contribution >= 4 is 5.91 Å². The molecule has 1 amide bonds. The number of rotatable bonds is 7. The van der Waals surface area contributed by atoms with Crippen LogP contribution in [0.4, 0.5) is 0 Å². The molecule has 0 aromatic heterocycles. The first-order valence-electron chi connectivity index (χ1n) is 7.48. The summed E-state index contributed by atoms with van der Waals surface area (Å²) in [4.78, 5) is 12.3. The molecule has 0 aliphatic rings. The summed E-state index contributed by atoms with van der Waals surface area (Å²) >= 11 is 0. The van der Waals surface area contributed by atoms with Crippen LogP contribution in [0, 0.1) is 5.92 Å². The number of hydrogen-bond donors (Lipinski definition) is 2. The summed E-state index contributed by atoms with van der Waals surface area (Å²) in [5.41, 5.74) is 6.50. The molecule has 2 atom stereocenters. The lowest BCUT2D eigenvalue weighted by Crippen LogP contribution is -2.55. The number of carbonyl (C=O) groups is 1. The first-order chi connectivity index (χ1) is 9.84. The predicted molar refractivity (Wildman–Crippen MR) is 86.5 cm³/mol. The highest BCUT2D eigenvalue weighted by atomic mass is 16.5. The monoisotopic (exact) mass is 292 g/mol. The third-order valence-electron chi connectivity index (χ3n) is 4.28. The Kier molecular flexibility index (Phi) is 6.21. The lowest BCUT2D eigenvalue weighted by Gasteiger charge is -2.34. The molecule has 0 heterocycles. The Hall–Kier alpha value is -1.55. The molecular weight excluding hydrogens is 264 g/mol. The Morgan fingerprint density at radius 2 is 1.95 bits per heavy atom. The molecule has 0 saturated carbocycles. The fourth-order valence-corrected chi connectivity index (χ4v) is 2.26.